The van der Waals surface area contributed by atoms with Crippen LogP contribution >= 0.6 is 23.1 Å². The lowest BCUT2D eigenvalue weighted by atomic mass is 10.1. The molecule has 120 valence electrons. The van der Waals surface area contributed by atoms with Gasteiger partial charge in [-0.2, -0.15) is 0 Å². The zero-order valence-corrected chi connectivity index (χ0v) is 14.9. The SMILES string of the molecule is CC(C)c1cc(-c2nnc(SCc3ccccc3F)n2C)cs1. The maximum absolute atomic E-state index is 13.7. The Kier molecular flexibility index (Phi) is 4.82. The molecule has 0 aliphatic heterocycles. The van der Waals surface area contributed by atoms with Crippen LogP contribution in [0.5, 0.6) is 0 Å². The Bertz CT molecular complexity index is 808. The molecule has 0 radical (unpaired) electrons. The summed E-state index contributed by atoms with van der Waals surface area (Å²) in [6.07, 6.45) is 0. The summed E-state index contributed by atoms with van der Waals surface area (Å²) in [7, 11) is 1.95. The van der Waals surface area contributed by atoms with Gasteiger partial charge < -0.3 is 4.57 Å². The van der Waals surface area contributed by atoms with Crippen LogP contribution in [0.3, 0.4) is 0 Å². The smallest absolute Gasteiger partial charge is 0.191 e. The van der Waals surface area contributed by atoms with Gasteiger partial charge in [0.1, 0.15) is 5.82 Å². The second kappa shape index (κ2) is 6.84. The molecule has 0 bridgehead atoms. The van der Waals surface area contributed by atoms with Crippen LogP contribution in [0.25, 0.3) is 11.4 Å². The van der Waals surface area contributed by atoms with E-state index >= 15 is 0 Å². The Morgan fingerprint density at radius 3 is 2.74 bits per heavy atom. The monoisotopic (exact) mass is 347 g/mol. The van der Waals surface area contributed by atoms with Crippen molar-refractivity contribution in [2.75, 3.05) is 0 Å². The fourth-order valence-electron chi connectivity index (χ4n) is 2.22. The van der Waals surface area contributed by atoms with E-state index in [1.54, 1.807) is 23.5 Å². The Morgan fingerprint density at radius 2 is 2.04 bits per heavy atom. The minimum Gasteiger partial charge on any atom is -0.305 e. The molecule has 23 heavy (non-hydrogen) atoms. The molecule has 0 aliphatic rings. The van der Waals surface area contributed by atoms with E-state index in [-0.39, 0.29) is 5.82 Å². The molecule has 1 aromatic carbocycles. The van der Waals surface area contributed by atoms with Gasteiger partial charge in [-0.05, 0) is 23.6 Å². The van der Waals surface area contributed by atoms with E-state index in [1.807, 2.05) is 17.7 Å². The van der Waals surface area contributed by atoms with Crippen molar-refractivity contribution in [2.24, 2.45) is 7.05 Å². The van der Waals surface area contributed by atoms with E-state index in [9.17, 15) is 4.39 Å². The molecule has 3 rings (SSSR count). The van der Waals surface area contributed by atoms with Crippen LogP contribution in [0.2, 0.25) is 0 Å². The van der Waals surface area contributed by atoms with Gasteiger partial charge in [0.2, 0.25) is 0 Å². The topological polar surface area (TPSA) is 30.7 Å². The summed E-state index contributed by atoms with van der Waals surface area (Å²) in [5.74, 6) is 1.72. The summed E-state index contributed by atoms with van der Waals surface area (Å²) in [5.41, 5.74) is 1.77. The number of benzene rings is 1. The number of hydrogen-bond donors (Lipinski definition) is 0. The second-order valence-corrected chi connectivity index (χ2v) is 7.52. The Balaban J connectivity index is 1.78. The van der Waals surface area contributed by atoms with Gasteiger partial charge in [0, 0.05) is 28.6 Å². The van der Waals surface area contributed by atoms with E-state index in [2.05, 4.69) is 35.5 Å². The summed E-state index contributed by atoms with van der Waals surface area (Å²) in [5, 5.41) is 11.5. The highest BCUT2D eigenvalue weighted by Crippen LogP contribution is 2.31. The molecule has 0 spiro atoms. The molecule has 0 unspecified atom stereocenters. The van der Waals surface area contributed by atoms with Gasteiger partial charge in [-0.15, -0.1) is 21.5 Å². The number of halogens is 1. The summed E-state index contributed by atoms with van der Waals surface area (Å²) in [6.45, 7) is 4.37. The maximum Gasteiger partial charge on any atom is 0.191 e. The molecule has 6 heteroatoms. The highest BCUT2D eigenvalue weighted by molar-refractivity contribution is 7.98. The predicted molar refractivity (Wildman–Crippen MR) is 94.4 cm³/mol. The van der Waals surface area contributed by atoms with Crippen molar-refractivity contribution in [2.45, 2.75) is 30.7 Å². The van der Waals surface area contributed by atoms with Gasteiger partial charge in [-0.25, -0.2) is 4.39 Å². The Morgan fingerprint density at radius 1 is 1.26 bits per heavy atom. The van der Waals surface area contributed by atoms with Crippen molar-refractivity contribution in [1.29, 1.82) is 0 Å². The van der Waals surface area contributed by atoms with Crippen molar-refractivity contribution in [3.05, 3.63) is 52.0 Å². The number of thiophene rings is 1. The molecular formula is C17H18FN3S2. The van der Waals surface area contributed by atoms with Crippen LogP contribution in [-0.4, -0.2) is 14.8 Å². The van der Waals surface area contributed by atoms with Crippen LogP contribution in [-0.2, 0) is 12.8 Å². The van der Waals surface area contributed by atoms with Crippen molar-refractivity contribution >= 4 is 23.1 Å². The summed E-state index contributed by atoms with van der Waals surface area (Å²) in [4.78, 5) is 1.34. The van der Waals surface area contributed by atoms with Crippen molar-refractivity contribution in [1.82, 2.24) is 14.8 Å². The first-order chi connectivity index (χ1) is 11.1. The van der Waals surface area contributed by atoms with Gasteiger partial charge in [0.25, 0.3) is 0 Å². The van der Waals surface area contributed by atoms with Crippen molar-refractivity contribution in [3.63, 3.8) is 0 Å². The molecule has 0 amide bonds. The third kappa shape index (κ3) is 3.48. The zero-order chi connectivity index (χ0) is 16.4. The zero-order valence-electron chi connectivity index (χ0n) is 13.3. The summed E-state index contributed by atoms with van der Waals surface area (Å²) in [6, 6.07) is 9.00. The van der Waals surface area contributed by atoms with Crippen LogP contribution in [0, 0.1) is 5.82 Å². The van der Waals surface area contributed by atoms with E-state index in [4.69, 9.17) is 0 Å². The van der Waals surface area contributed by atoms with Crippen LogP contribution < -0.4 is 0 Å². The Hall–Kier alpha value is -1.66. The molecule has 3 nitrogen and oxygen atoms in total. The molecule has 0 atom stereocenters. The van der Waals surface area contributed by atoms with Gasteiger partial charge in [0.05, 0.1) is 0 Å². The lowest BCUT2D eigenvalue weighted by molar-refractivity contribution is 0.617. The lowest BCUT2D eigenvalue weighted by Crippen LogP contribution is -1.95. The molecule has 0 saturated carbocycles. The molecule has 0 aliphatic carbocycles. The Labute approximate surface area is 143 Å². The van der Waals surface area contributed by atoms with Crippen LogP contribution in [0.1, 0.15) is 30.2 Å². The highest BCUT2D eigenvalue weighted by Gasteiger charge is 2.14. The fourth-order valence-corrected chi connectivity index (χ4v) is 4.02. The third-order valence-corrected chi connectivity index (χ3v) is 5.90. The van der Waals surface area contributed by atoms with Crippen LogP contribution in [0.15, 0.2) is 40.9 Å². The van der Waals surface area contributed by atoms with E-state index in [1.165, 1.54) is 22.7 Å². The van der Waals surface area contributed by atoms with Gasteiger partial charge in [-0.3, -0.25) is 0 Å². The van der Waals surface area contributed by atoms with E-state index in [0.29, 0.717) is 17.2 Å². The number of thioether (sulfide) groups is 1. The fraction of sp³-hybridized carbons (Fsp3) is 0.294. The first-order valence-electron chi connectivity index (χ1n) is 7.40. The standard InChI is InChI=1S/C17H18FN3S2/c1-11(2)15-8-13(10-22-15)16-19-20-17(21(16)3)23-9-12-6-4-5-7-14(12)18/h4-8,10-11H,9H2,1-3H3. The van der Waals surface area contributed by atoms with E-state index in [0.717, 1.165) is 16.5 Å². The number of nitrogens with zero attached hydrogens (tertiary/aromatic N) is 3. The lowest BCUT2D eigenvalue weighted by Gasteiger charge is -2.04. The molecule has 2 heterocycles. The summed E-state index contributed by atoms with van der Waals surface area (Å²) < 4.78 is 15.7. The maximum atomic E-state index is 13.7. The number of rotatable bonds is 5. The second-order valence-electron chi connectivity index (χ2n) is 5.64. The molecule has 3 aromatic rings. The minimum atomic E-state index is -0.179. The summed E-state index contributed by atoms with van der Waals surface area (Å²) >= 11 is 3.24. The van der Waals surface area contributed by atoms with Crippen molar-refractivity contribution < 1.29 is 4.39 Å². The van der Waals surface area contributed by atoms with Gasteiger partial charge >= 0.3 is 0 Å². The van der Waals surface area contributed by atoms with Gasteiger partial charge in [-0.1, -0.05) is 43.8 Å². The molecule has 0 N–H and O–H groups in total. The largest absolute Gasteiger partial charge is 0.305 e. The quantitative estimate of drug-likeness (QED) is 0.602. The molecule has 2 aromatic heterocycles. The first-order valence-corrected chi connectivity index (χ1v) is 9.27. The normalized spacial score (nSPS) is 11.3. The molecule has 0 fully saturated rings. The predicted octanol–water partition coefficient (Wildman–Crippen LogP) is 5.10. The average molecular weight is 347 g/mol. The minimum absolute atomic E-state index is 0.179. The molecule has 0 saturated heterocycles. The van der Waals surface area contributed by atoms with Crippen molar-refractivity contribution in [3.8, 4) is 11.4 Å². The third-order valence-electron chi connectivity index (χ3n) is 3.60. The molecular weight excluding hydrogens is 329 g/mol. The average Bonchev–Trinajstić information content (AvgIpc) is 3.14. The number of hydrogen-bond acceptors (Lipinski definition) is 4. The number of aromatic nitrogens is 3. The van der Waals surface area contributed by atoms with Crippen LogP contribution in [0.4, 0.5) is 4.39 Å². The van der Waals surface area contributed by atoms with E-state index < -0.39 is 0 Å². The first kappa shape index (κ1) is 16.2. The highest BCUT2D eigenvalue weighted by atomic mass is 32.2. The van der Waals surface area contributed by atoms with Gasteiger partial charge in [0.15, 0.2) is 11.0 Å².